The summed E-state index contributed by atoms with van der Waals surface area (Å²) in [4.78, 5) is 29.2. The molecule has 0 spiro atoms. The number of likely N-dealkylation sites (N-methyl/N-ethyl adjacent to an activating group) is 1. The Kier molecular flexibility index (Phi) is 11.1. The molecule has 2 amide bonds. The zero-order chi connectivity index (χ0) is 31.0. The third kappa shape index (κ3) is 8.30. The minimum Gasteiger partial charge on any atom is -0.355 e. The highest BCUT2D eigenvalue weighted by molar-refractivity contribution is 7.92. The molecule has 0 saturated carbocycles. The lowest BCUT2D eigenvalue weighted by molar-refractivity contribution is -0.140. The molecule has 43 heavy (non-hydrogen) atoms. The predicted octanol–water partition coefficient (Wildman–Crippen LogP) is 6.62. The van der Waals surface area contributed by atoms with E-state index < -0.39 is 28.5 Å². The fraction of sp³-hybridized carbons (Fsp3) is 0.188. The van der Waals surface area contributed by atoms with Gasteiger partial charge in [-0.25, -0.2) is 8.42 Å². The molecule has 0 radical (unpaired) electrons. The van der Waals surface area contributed by atoms with Gasteiger partial charge in [0.25, 0.3) is 10.0 Å². The van der Waals surface area contributed by atoms with E-state index in [4.69, 9.17) is 34.8 Å². The van der Waals surface area contributed by atoms with Crippen molar-refractivity contribution in [3.8, 4) is 0 Å². The second kappa shape index (κ2) is 14.8. The summed E-state index contributed by atoms with van der Waals surface area (Å²) in [6, 6.07) is 27.2. The molecular weight excluding hydrogens is 629 g/mol. The Morgan fingerprint density at radius 2 is 1.42 bits per heavy atom. The standard InChI is InChI=1S/C32H30Cl3N3O4S/c1-2-36-32(40)30(19-23-9-5-3-6-10-23)37(21-24-13-14-26(34)20-29(24)35)31(39)22-38(27-17-15-25(33)16-18-27)43(41,42)28-11-7-4-8-12-28/h3-18,20,30H,2,19,21-22H2,1H3,(H,36,40). The number of amides is 2. The van der Waals surface area contributed by atoms with Gasteiger partial charge in [-0.2, -0.15) is 0 Å². The molecule has 0 saturated heterocycles. The minimum absolute atomic E-state index is 0.00890. The number of rotatable bonds is 12. The van der Waals surface area contributed by atoms with Crippen LogP contribution in [0.2, 0.25) is 15.1 Å². The summed E-state index contributed by atoms with van der Waals surface area (Å²) in [5.41, 5.74) is 1.61. The van der Waals surface area contributed by atoms with Gasteiger partial charge in [0.1, 0.15) is 12.6 Å². The number of carbonyl (C=O) groups excluding carboxylic acids is 2. The van der Waals surface area contributed by atoms with Crippen LogP contribution in [0.4, 0.5) is 5.69 Å². The van der Waals surface area contributed by atoms with E-state index in [0.717, 1.165) is 9.87 Å². The Labute approximate surface area is 267 Å². The molecule has 0 aromatic heterocycles. The van der Waals surface area contributed by atoms with E-state index in [1.54, 1.807) is 55.5 Å². The Hall–Kier alpha value is -3.56. The van der Waals surface area contributed by atoms with Crippen LogP contribution in [0.15, 0.2) is 108 Å². The third-order valence-corrected chi connectivity index (χ3v) is 9.33. The highest BCUT2D eigenvalue weighted by Crippen LogP contribution is 2.28. The molecule has 0 bridgehead atoms. The van der Waals surface area contributed by atoms with Crippen LogP contribution in [0.1, 0.15) is 18.1 Å². The van der Waals surface area contributed by atoms with E-state index >= 15 is 0 Å². The quantitative estimate of drug-likeness (QED) is 0.185. The van der Waals surface area contributed by atoms with E-state index in [-0.39, 0.29) is 29.5 Å². The molecule has 4 aromatic rings. The van der Waals surface area contributed by atoms with Gasteiger partial charge in [0.05, 0.1) is 10.6 Å². The zero-order valence-electron chi connectivity index (χ0n) is 23.3. The monoisotopic (exact) mass is 657 g/mol. The largest absolute Gasteiger partial charge is 0.355 e. The van der Waals surface area contributed by atoms with Crippen molar-refractivity contribution >= 4 is 62.3 Å². The Balaban J connectivity index is 1.80. The maximum Gasteiger partial charge on any atom is 0.264 e. The lowest BCUT2D eigenvalue weighted by atomic mass is 10.0. The zero-order valence-corrected chi connectivity index (χ0v) is 26.4. The summed E-state index contributed by atoms with van der Waals surface area (Å²) in [5, 5.41) is 3.96. The molecule has 0 aliphatic rings. The molecule has 0 aliphatic heterocycles. The first kappa shape index (κ1) is 32.4. The molecule has 0 aliphatic carbocycles. The van der Waals surface area contributed by atoms with Crippen molar-refractivity contribution in [2.24, 2.45) is 0 Å². The second-order valence-electron chi connectivity index (χ2n) is 9.66. The Morgan fingerprint density at radius 3 is 2.02 bits per heavy atom. The van der Waals surface area contributed by atoms with Gasteiger partial charge in [-0.05, 0) is 66.6 Å². The number of sulfonamides is 1. The predicted molar refractivity (Wildman–Crippen MR) is 172 cm³/mol. The molecule has 7 nitrogen and oxygen atoms in total. The number of nitrogens with one attached hydrogen (secondary N) is 1. The van der Waals surface area contributed by atoms with Gasteiger partial charge in [0.2, 0.25) is 11.8 Å². The average Bonchev–Trinajstić information content (AvgIpc) is 3.00. The summed E-state index contributed by atoms with van der Waals surface area (Å²) in [5.74, 6) is -0.985. The number of halogens is 3. The van der Waals surface area contributed by atoms with Crippen LogP contribution in [0.3, 0.4) is 0 Å². The van der Waals surface area contributed by atoms with Crippen LogP contribution < -0.4 is 9.62 Å². The Bertz CT molecular complexity index is 1650. The van der Waals surface area contributed by atoms with Crippen LogP contribution in [0.25, 0.3) is 0 Å². The van der Waals surface area contributed by atoms with Gasteiger partial charge in [0, 0.05) is 34.6 Å². The average molecular weight is 659 g/mol. The molecule has 224 valence electrons. The van der Waals surface area contributed by atoms with Crippen molar-refractivity contribution in [2.75, 3.05) is 17.4 Å². The summed E-state index contributed by atoms with van der Waals surface area (Å²) >= 11 is 18.7. The van der Waals surface area contributed by atoms with Gasteiger partial charge >= 0.3 is 0 Å². The molecule has 4 aromatic carbocycles. The number of hydrogen-bond donors (Lipinski definition) is 1. The van der Waals surface area contributed by atoms with E-state index in [1.807, 2.05) is 30.3 Å². The van der Waals surface area contributed by atoms with Crippen molar-refractivity contribution < 1.29 is 18.0 Å². The van der Waals surface area contributed by atoms with Crippen LogP contribution >= 0.6 is 34.8 Å². The van der Waals surface area contributed by atoms with Crippen LogP contribution in [0, 0.1) is 0 Å². The summed E-state index contributed by atoms with van der Waals surface area (Å²) in [7, 11) is -4.20. The number of benzene rings is 4. The highest BCUT2D eigenvalue weighted by atomic mass is 35.5. The summed E-state index contributed by atoms with van der Waals surface area (Å²) in [6.07, 6.45) is 0.190. The highest BCUT2D eigenvalue weighted by Gasteiger charge is 2.34. The first-order valence-electron chi connectivity index (χ1n) is 13.5. The maximum atomic E-state index is 14.3. The van der Waals surface area contributed by atoms with Crippen molar-refractivity contribution in [1.82, 2.24) is 10.2 Å². The second-order valence-corrected chi connectivity index (χ2v) is 12.8. The van der Waals surface area contributed by atoms with Gasteiger partial charge in [-0.1, -0.05) is 89.4 Å². The van der Waals surface area contributed by atoms with E-state index in [0.29, 0.717) is 27.2 Å². The van der Waals surface area contributed by atoms with E-state index in [2.05, 4.69) is 5.32 Å². The van der Waals surface area contributed by atoms with Crippen LogP contribution in [-0.4, -0.2) is 44.3 Å². The SMILES string of the molecule is CCNC(=O)C(Cc1ccccc1)N(Cc1ccc(Cl)cc1Cl)C(=O)CN(c1ccc(Cl)cc1)S(=O)(=O)c1ccccc1. The van der Waals surface area contributed by atoms with Gasteiger partial charge in [-0.15, -0.1) is 0 Å². The van der Waals surface area contributed by atoms with Gasteiger partial charge in [0.15, 0.2) is 0 Å². The van der Waals surface area contributed by atoms with Crippen LogP contribution in [0.5, 0.6) is 0 Å². The van der Waals surface area contributed by atoms with E-state index in [9.17, 15) is 18.0 Å². The molecule has 1 atom stereocenters. The maximum absolute atomic E-state index is 14.3. The first-order valence-corrected chi connectivity index (χ1v) is 16.1. The normalized spacial score (nSPS) is 11.9. The van der Waals surface area contributed by atoms with Crippen molar-refractivity contribution in [3.05, 3.63) is 129 Å². The number of anilines is 1. The summed E-state index contributed by atoms with van der Waals surface area (Å²) < 4.78 is 28.9. The topological polar surface area (TPSA) is 86.8 Å². The smallest absolute Gasteiger partial charge is 0.264 e. The molecule has 1 unspecified atom stereocenters. The molecule has 0 fully saturated rings. The number of nitrogens with zero attached hydrogens (tertiary/aromatic N) is 2. The lowest BCUT2D eigenvalue weighted by Gasteiger charge is -2.34. The van der Waals surface area contributed by atoms with Crippen molar-refractivity contribution in [3.63, 3.8) is 0 Å². The number of carbonyl (C=O) groups is 2. The minimum atomic E-state index is -4.20. The van der Waals surface area contributed by atoms with Gasteiger partial charge in [-0.3, -0.25) is 13.9 Å². The molecule has 11 heteroatoms. The van der Waals surface area contributed by atoms with Gasteiger partial charge < -0.3 is 10.2 Å². The fourth-order valence-electron chi connectivity index (χ4n) is 4.54. The van der Waals surface area contributed by atoms with E-state index in [1.165, 1.54) is 29.2 Å². The molecular formula is C32H30Cl3N3O4S. The van der Waals surface area contributed by atoms with Crippen LogP contribution in [-0.2, 0) is 32.6 Å². The van der Waals surface area contributed by atoms with Crippen molar-refractivity contribution in [1.29, 1.82) is 0 Å². The lowest BCUT2D eigenvalue weighted by Crippen LogP contribution is -2.53. The first-order chi connectivity index (χ1) is 20.6. The molecule has 0 heterocycles. The third-order valence-electron chi connectivity index (χ3n) is 6.70. The summed E-state index contributed by atoms with van der Waals surface area (Å²) in [6.45, 7) is 1.47. The molecule has 1 N–H and O–H groups in total. The number of hydrogen-bond acceptors (Lipinski definition) is 4. The molecule has 4 rings (SSSR count). The Morgan fingerprint density at radius 1 is 0.814 bits per heavy atom. The fourth-order valence-corrected chi connectivity index (χ4v) is 6.56. The van der Waals surface area contributed by atoms with Crippen molar-refractivity contribution in [2.45, 2.75) is 30.8 Å².